The zero-order valence-corrected chi connectivity index (χ0v) is 12.6. The Kier molecular flexibility index (Phi) is 5.34. The molecule has 0 unspecified atom stereocenters. The monoisotopic (exact) mass is 313 g/mol. The van der Waals surface area contributed by atoms with Crippen LogP contribution in [-0.4, -0.2) is 31.2 Å². The van der Waals surface area contributed by atoms with Gasteiger partial charge in [-0.05, 0) is 17.7 Å². The van der Waals surface area contributed by atoms with Crippen molar-refractivity contribution < 1.29 is 4.39 Å². The van der Waals surface area contributed by atoms with Gasteiger partial charge in [0.2, 0.25) is 0 Å². The van der Waals surface area contributed by atoms with E-state index in [1.165, 1.54) is 12.1 Å². The molecule has 0 radical (unpaired) electrons. The van der Waals surface area contributed by atoms with Crippen LogP contribution in [0.1, 0.15) is 11.3 Å². The number of benzene rings is 1. The molecule has 1 aliphatic heterocycles. The van der Waals surface area contributed by atoms with Crippen molar-refractivity contribution in [3.63, 3.8) is 0 Å². The van der Waals surface area contributed by atoms with E-state index in [-0.39, 0.29) is 18.2 Å². The van der Waals surface area contributed by atoms with E-state index < -0.39 is 0 Å². The first-order valence-electron chi connectivity index (χ1n) is 6.46. The highest BCUT2D eigenvalue weighted by Gasteiger charge is 2.13. The summed E-state index contributed by atoms with van der Waals surface area (Å²) in [5.41, 5.74) is 2.16. The SMILES string of the molecule is Cl.Fc1ccc(Cc2csc(N3CCNCC3)n2)cc1. The molecular formula is C14H17ClFN3S. The van der Waals surface area contributed by atoms with Crippen molar-refractivity contribution in [2.45, 2.75) is 6.42 Å². The molecule has 1 aliphatic rings. The molecule has 0 amide bonds. The van der Waals surface area contributed by atoms with E-state index in [9.17, 15) is 4.39 Å². The second kappa shape index (κ2) is 7.02. The second-order valence-electron chi connectivity index (χ2n) is 4.66. The summed E-state index contributed by atoms with van der Waals surface area (Å²) in [7, 11) is 0. The van der Waals surface area contributed by atoms with Crippen LogP contribution >= 0.6 is 23.7 Å². The van der Waals surface area contributed by atoms with Gasteiger partial charge >= 0.3 is 0 Å². The molecule has 3 rings (SSSR count). The molecule has 1 N–H and O–H groups in total. The third-order valence-electron chi connectivity index (χ3n) is 3.23. The number of aromatic nitrogens is 1. The predicted molar refractivity (Wildman–Crippen MR) is 83.7 cm³/mol. The van der Waals surface area contributed by atoms with Crippen LogP contribution in [0, 0.1) is 5.82 Å². The molecule has 2 heterocycles. The summed E-state index contributed by atoms with van der Waals surface area (Å²) in [6.07, 6.45) is 0.767. The van der Waals surface area contributed by atoms with E-state index in [2.05, 4.69) is 20.6 Å². The lowest BCUT2D eigenvalue weighted by Crippen LogP contribution is -2.43. The highest BCUT2D eigenvalue weighted by atomic mass is 35.5. The highest BCUT2D eigenvalue weighted by Crippen LogP contribution is 2.22. The fourth-order valence-electron chi connectivity index (χ4n) is 2.19. The molecule has 0 spiro atoms. The first-order chi connectivity index (χ1) is 9.31. The van der Waals surface area contributed by atoms with Gasteiger partial charge < -0.3 is 10.2 Å². The fourth-order valence-corrected chi connectivity index (χ4v) is 3.07. The number of nitrogens with zero attached hydrogens (tertiary/aromatic N) is 2. The molecule has 1 fully saturated rings. The Hall–Kier alpha value is -1.17. The molecule has 3 nitrogen and oxygen atoms in total. The van der Waals surface area contributed by atoms with E-state index >= 15 is 0 Å². The summed E-state index contributed by atoms with van der Waals surface area (Å²) in [4.78, 5) is 6.99. The number of rotatable bonds is 3. The predicted octanol–water partition coefficient (Wildman–Crippen LogP) is 2.70. The van der Waals surface area contributed by atoms with Crippen molar-refractivity contribution in [2.75, 3.05) is 31.1 Å². The van der Waals surface area contributed by atoms with Crippen LogP contribution in [0.15, 0.2) is 29.6 Å². The van der Waals surface area contributed by atoms with E-state index in [1.54, 1.807) is 11.3 Å². The minimum absolute atomic E-state index is 0. The van der Waals surface area contributed by atoms with Crippen LogP contribution in [0.25, 0.3) is 0 Å². The summed E-state index contributed by atoms with van der Waals surface area (Å²) in [5, 5.41) is 6.53. The molecule has 2 aromatic rings. The smallest absolute Gasteiger partial charge is 0.185 e. The van der Waals surface area contributed by atoms with Crippen LogP contribution in [0.3, 0.4) is 0 Å². The molecule has 0 aliphatic carbocycles. The number of thiazole rings is 1. The molecule has 20 heavy (non-hydrogen) atoms. The standard InChI is InChI=1S/C14H16FN3S.ClH/c15-12-3-1-11(2-4-12)9-13-10-19-14(17-13)18-7-5-16-6-8-18;/h1-4,10,16H,5-9H2;1H. The second-order valence-corrected chi connectivity index (χ2v) is 5.50. The Morgan fingerprint density at radius 2 is 1.90 bits per heavy atom. The number of halogens is 2. The van der Waals surface area contributed by atoms with Crippen molar-refractivity contribution in [2.24, 2.45) is 0 Å². The Bertz CT molecular complexity index is 538. The van der Waals surface area contributed by atoms with Crippen LogP contribution in [-0.2, 0) is 6.42 Å². The van der Waals surface area contributed by atoms with E-state index in [0.717, 1.165) is 49.0 Å². The maximum absolute atomic E-state index is 12.8. The van der Waals surface area contributed by atoms with Gasteiger partial charge in [-0.1, -0.05) is 12.1 Å². The minimum atomic E-state index is -0.191. The molecule has 6 heteroatoms. The summed E-state index contributed by atoms with van der Waals surface area (Å²) in [6, 6.07) is 6.64. The van der Waals surface area contributed by atoms with Crippen LogP contribution in [0.2, 0.25) is 0 Å². The molecule has 0 saturated carbocycles. The van der Waals surface area contributed by atoms with Gasteiger partial charge in [0.15, 0.2) is 5.13 Å². The van der Waals surface area contributed by atoms with Gasteiger partial charge in [0.1, 0.15) is 5.82 Å². The van der Waals surface area contributed by atoms with Crippen molar-refractivity contribution in [3.8, 4) is 0 Å². The Morgan fingerprint density at radius 1 is 1.20 bits per heavy atom. The summed E-state index contributed by atoms with van der Waals surface area (Å²) < 4.78 is 12.8. The average molecular weight is 314 g/mol. The largest absolute Gasteiger partial charge is 0.346 e. The van der Waals surface area contributed by atoms with Crippen LogP contribution in [0.4, 0.5) is 9.52 Å². The topological polar surface area (TPSA) is 28.2 Å². The van der Waals surface area contributed by atoms with Gasteiger partial charge in [-0.25, -0.2) is 9.37 Å². The fraction of sp³-hybridized carbons (Fsp3) is 0.357. The molecule has 0 atom stereocenters. The highest BCUT2D eigenvalue weighted by molar-refractivity contribution is 7.13. The lowest BCUT2D eigenvalue weighted by molar-refractivity contribution is 0.588. The van der Waals surface area contributed by atoms with Gasteiger partial charge in [-0.15, -0.1) is 23.7 Å². The quantitative estimate of drug-likeness (QED) is 0.944. The number of piperazine rings is 1. The molecular weight excluding hydrogens is 297 g/mol. The molecule has 1 saturated heterocycles. The Balaban J connectivity index is 0.00000147. The Labute approximate surface area is 128 Å². The van der Waals surface area contributed by atoms with Crippen LogP contribution < -0.4 is 10.2 Å². The van der Waals surface area contributed by atoms with Crippen molar-refractivity contribution in [3.05, 3.63) is 46.7 Å². The summed E-state index contributed by atoms with van der Waals surface area (Å²) in [5.74, 6) is -0.191. The van der Waals surface area contributed by atoms with E-state index in [4.69, 9.17) is 0 Å². The first kappa shape index (κ1) is 15.2. The van der Waals surface area contributed by atoms with Crippen LogP contribution in [0.5, 0.6) is 0 Å². The molecule has 0 bridgehead atoms. The lowest BCUT2D eigenvalue weighted by atomic mass is 10.1. The lowest BCUT2D eigenvalue weighted by Gasteiger charge is -2.26. The van der Waals surface area contributed by atoms with Gasteiger partial charge in [0, 0.05) is 38.0 Å². The molecule has 1 aromatic heterocycles. The van der Waals surface area contributed by atoms with Gasteiger partial charge in [0.25, 0.3) is 0 Å². The van der Waals surface area contributed by atoms with Crippen molar-refractivity contribution in [1.82, 2.24) is 10.3 Å². The van der Waals surface area contributed by atoms with Gasteiger partial charge in [-0.3, -0.25) is 0 Å². The summed E-state index contributed by atoms with van der Waals surface area (Å²) >= 11 is 1.69. The number of anilines is 1. The maximum atomic E-state index is 12.8. The zero-order valence-electron chi connectivity index (χ0n) is 11.0. The summed E-state index contributed by atoms with van der Waals surface area (Å²) in [6.45, 7) is 4.08. The van der Waals surface area contributed by atoms with Gasteiger partial charge in [-0.2, -0.15) is 0 Å². The zero-order chi connectivity index (χ0) is 13.1. The third kappa shape index (κ3) is 3.69. The molecule has 108 valence electrons. The van der Waals surface area contributed by atoms with Gasteiger partial charge in [0.05, 0.1) is 5.69 Å². The number of hydrogen-bond donors (Lipinski definition) is 1. The maximum Gasteiger partial charge on any atom is 0.185 e. The molecule has 1 aromatic carbocycles. The van der Waals surface area contributed by atoms with Crippen molar-refractivity contribution in [1.29, 1.82) is 0 Å². The normalized spacial score (nSPS) is 14.9. The third-order valence-corrected chi connectivity index (χ3v) is 4.18. The van der Waals surface area contributed by atoms with E-state index in [1.807, 2.05) is 12.1 Å². The number of nitrogens with one attached hydrogen (secondary N) is 1. The van der Waals surface area contributed by atoms with E-state index in [0.29, 0.717) is 0 Å². The van der Waals surface area contributed by atoms with Crippen molar-refractivity contribution >= 4 is 28.9 Å². The Morgan fingerprint density at radius 3 is 2.60 bits per heavy atom. The number of hydrogen-bond acceptors (Lipinski definition) is 4. The minimum Gasteiger partial charge on any atom is -0.346 e. The first-order valence-corrected chi connectivity index (χ1v) is 7.34. The average Bonchev–Trinajstić information content (AvgIpc) is 2.91.